The number of hydrogen-bond donors (Lipinski definition) is 1. The maximum absolute atomic E-state index is 11.6. The van der Waals surface area contributed by atoms with Crippen LogP contribution in [-0.4, -0.2) is 10.2 Å². The first kappa shape index (κ1) is 12.2. The van der Waals surface area contributed by atoms with E-state index in [1.807, 2.05) is 24.3 Å². The quantitative estimate of drug-likeness (QED) is 0.933. The summed E-state index contributed by atoms with van der Waals surface area (Å²) in [6.07, 6.45) is 3.54. The number of nitrogens with zero attached hydrogens (tertiary/aromatic N) is 1. The van der Waals surface area contributed by atoms with Crippen molar-refractivity contribution in [3.05, 3.63) is 51.4 Å². The van der Waals surface area contributed by atoms with Gasteiger partial charge in [-0.3, -0.25) is 4.79 Å². The van der Waals surface area contributed by atoms with Gasteiger partial charge in [-0.1, -0.05) is 29.8 Å². The molecule has 0 aliphatic heterocycles. The molecular formula is C14H13ClN2O2. The van der Waals surface area contributed by atoms with Gasteiger partial charge in [0, 0.05) is 6.07 Å². The van der Waals surface area contributed by atoms with Crippen LogP contribution in [-0.2, 0) is 6.42 Å². The lowest BCUT2D eigenvalue weighted by molar-refractivity contribution is 0.465. The molecule has 5 heteroatoms. The molecule has 1 aliphatic carbocycles. The topological polar surface area (TPSA) is 55.0 Å². The Balaban J connectivity index is 1.89. The highest BCUT2D eigenvalue weighted by Crippen LogP contribution is 2.36. The summed E-state index contributed by atoms with van der Waals surface area (Å²) in [7, 11) is 0. The number of halogens is 1. The van der Waals surface area contributed by atoms with Gasteiger partial charge in [-0.2, -0.15) is 5.10 Å². The van der Waals surface area contributed by atoms with Crippen molar-refractivity contribution in [2.45, 2.75) is 19.3 Å². The highest BCUT2D eigenvalue weighted by molar-refractivity contribution is 6.29. The number of rotatable bonds is 4. The highest BCUT2D eigenvalue weighted by atomic mass is 35.5. The molecule has 4 nitrogen and oxygen atoms in total. The van der Waals surface area contributed by atoms with E-state index < -0.39 is 0 Å². The van der Waals surface area contributed by atoms with Crippen LogP contribution in [0.25, 0.3) is 0 Å². The van der Waals surface area contributed by atoms with Crippen LogP contribution in [0, 0.1) is 5.92 Å². The van der Waals surface area contributed by atoms with Crippen molar-refractivity contribution in [3.63, 3.8) is 0 Å². The number of ether oxygens (including phenoxy) is 1. The Bertz CT molecular complexity index is 650. The Hall–Kier alpha value is -1.81. The average molecular weight is 277 g/mol. The molecule has 98 valence electrons. The molecule has 1 aromatic heterocycles. The van der Waals surface area contributed by atoms with Gasteiger partial charge in [0.05, 0.1) is 0 Å². The summed E-state index contributed by atoms with van der Waals surface area (Å²) in [5.41, 5.74) is 0.739. The molecule has 0 bridgehead atoms. The predicted octanol–water partition coefficient (Wildman–Crippen LogP) is 3.17. The van der Waals surface area contributed by atoms with Gasteiger partial charge in [0.2, 0.25) is 0 Å². The molecule has 0 atom stereocenters. The zero-order valence-electron chi connectivity index (χ0n) is 10.2. The van der Waals surface area contributed by atoms with E-state index in [2.05, 4.69) is 10.2 Å². The SMILES string of the molecule is O=c1[nH]nc(Cl)cc1Oc1ccccc1CC1CC1. The van der Waals surface area contributed by atoms with Crippen LogP contribution in [0.5, 0.6) is 11.5 Å². The third-order valence-electron chi connectivity index (χ3n) is 3.14. The Morgan fingerprint density at radius 2 is 2.11 bits per heavy atom. The van der Waals surface area contributed by atoms with Gasteiger partial charge in [-0.25, -0.2) is 5.10 Å². The molecule has 0 radical (unpaired) electrons. The predicted molar refractivity (Wildman–Crippen MR) is 72.8 cm³/mol. The largest absolute Gasteiger partial charge is 0.451 e. The number of nitrogens with one attached hydrogen (secondary N) is 1. The zero-order chi connectivity index (χ0) is 13.2. The van der Waals surface area contributed by atoms with Gasteiger partial charge in [0.25, 0.3) is 0 Å². The molecule has 1 fully saturated rings. The normalized spacial score (nSPS) is 14.4. The zero-order valence-corrected chi connectivity index (χ0v) is 11.0. The number of benzene rings is 1. The molecule has 19 heavy (non-hydrogen) atoms. The smallest absolute Gasteiger partial charge is 0.307 e. The number of aromatic nitrogens is 2. The van der Waals surface area contributed by atoms with Gasteiger partial charge in [0.1, 0.15) is 5.75 Å². The number of aromatic amines is 1. The first-order valence-corrected chi connectivity index (χ1v) is 6.61. The fourth-order valence-corrected chi connectivity index (χ4v) is 2.11. The molecule has 0 amide bonds. The molecule has 0 unspecified atom stereocenters. The highest BCUT2D eigenvalue weighted by Gasteiger charge is 2.23. The molecule has 0 saturated heterocycles. The standard InChI is InChI=1S/C14H13ClN2O2/c15-13-8-12(14(18)17-16-13)19-11-4-2-1-3-10(11)7-9-5-6-9/h1-4,8-9H,5-7H2,(H,17,18). The summed E-state index contributed by atoms with van der Waals surface area (Å²) in [6, 6.07) is 9.20. The van der Waals surface area contributed by atoms with Crippen LogP contribution < -0.4 is 10.3 Å². The summed E-state index contributed by atoms with van der Waals surface area (Å²) < 4.78 is 5.68. The number of para-hydroxylation sites is 1. The Morgan fingerprint density at radius 1 is 1.32 bits per heavy atom. The summed E-state index contributed by atoms with van der Waals surface area (Å²) in [5.74, 6) is 1.63. The maximum atomic E-state index is 11.6. The van der Waals surface area contributed by atoms with Crippen molar-refractivity contribution in [2.75, 3.05) is 0 Å². The third-order valence-corrected chi connectivity index (χ3v) is 3.33. The van der Waals surface area contributed by atoms with Gasteiger partial charge < -0.3 is 4.74 Å². The van der Waals surface area contributed by atoms with Crippen molar-refractivity contribution in [2.24, 2.45) is 5.92 Å². The van der Waals surface area contributed by atoms with Crippen LogP contribution >= 0.6 is 11.6 Å². The van der Waals surface area contributed by atoms with E-state index in [-0.39, 0.29) is 16.5 Å². The number of H-pyrrole nitrogens is 1. The van der Waals surface area contributed by atoms with Crippen LogP contribution in [0.3, 0.4) is 0 Å². The number of hydrogen-bond acceptors (Lipinski definition) is 3. The molecule has 0 spiro atoms. The van der Waals surface area contributed by atoms with Crippen LogP contribution in [0.2, 0.25) is 5.15 Å². The summed E-state index contributed by atoms with van der Waals surface area (Å²) in [6.45, 7) is 0. The lowest BCUT2D eigenvalue weighted by Gasteiger charge is -2.10. The van der Waals surface area contributed by atoms with Crippen LogP contribution in [0.1, 0.15) is 18.4 Å². The van der Waals surface area contributed by atoms with E-state index in [4.69, 9.17) is 16.3 Å². The monoisotopic (exact) mass is 276 g/mol. The lowest BCUT2D eigenvalue weighted by atomic mass is 10.1. The van der Waals surface area contributed by atoms with Crippen LogP contribution in [0.4, 0.5) is 0 Å². The van der Waals surface area contributed by atoms with Gasteiger partial charge in [-0.15, -0.1) is 0 Å². The fraction of sp³-hybridized carbons (Fsp3) is 0.286. The van der Waals surface area contributed by atoms with E-state index in [0.717, 1.165) is 17.9 Å². The van der Waals surface area contributed by atoms with E-state index >= 15 is 0 Å². The van der Waals surface area contributed by atoms with Gasteiger partial charge in [0.15, 0.2) is 10.9 Å². The van der Waals surface area contributed by atoms with Gasteiger partial charge in [-0.05, 0) is 36.8 Å². The summed E-state index contributed by atoms with van der Waals surface area (Å²) in [4.78, 5) is 11.6. The van der Waals surface area contributed by atoms with Crippen molar-refractivity contribution < 1.29 is 4.74 Å². The molecule has 2 aromatic rings. The summed E-state index contributed by atoms with van der Waals surface area (Å²) in [5, 5.41) is 6.11. The molecule has 1 aliphatic rings. The van der Waals surface area contributed by atoms with E-state index in [9.17, 15) is 4.79 Å². The third kappa shape index (κ3) is 2.96. The van der Waals surface area contributed by atoms with Crippen molar-refractivity contribution in [1.82, 2.24) is 10.2 Å². The molecular weight excluding hydrogens is 264 g/mol. The van der Waals surface area contributed by atoms with Crippen molar-refractivity contribution >= 4 is 11.6 Å². The van der Waals surface area contributed by atoms with Gasteiger partial charge >= 0.3 is 5.56 Å². The Morgan fingerprint density at radius 3 is 2.89 bits per heavy atom. The van der Waals surface area contributed by atoms with E-state index in [0.29, 0.717) is 5.75 Å². The first-order chi connectivity index (χ1) is 9.22. The fourth-order valence-electron chi connectivity index (χ4n) is 1.96. The van der Waals surface area contributed by atoms with Crippen molar-refractivity contribution in [3.8, 4) is 11.5 Å². The molecule has 1 heterocycles. The van der Waals surface area contributed by atoms with E-state index in [1.54, 1.807) is 0 Å². The molecule has 1 saturated carbocycles. The molecule has 3 rings (SSSR count). The first-order valence-electron chi connectivity index (χ1n) is 6.23. The Labute approximate surface area is 115 Å². The second kappa shape index (κ2) is 5.05. The van der Waals surface area contributed by atoms with Crippen molar-refractivity contribution in [1.29, 1.82) is 0 Å². The lowest BCUT2D eigenvalue weighted by Crippen LogP contribution is -2.10. The maximum Gasteiger partial charge on any atom is 0.307 e. The van der Waals surface area contributed by atoms with E-state index in [1.165, 1.54) is 18.9 Å². The van der Waals surface area contributed by atoms with Crippen LogP contribution in [0.15, 0.2) is 35.1 Å². The minimum Gasteiger partial charge on any atom is -0.451 e. The second-order valence-electron chi connectivity index (χ2n) is 4.74. The minimum atomic E-state index is -0.384. The minimum absolute atomic E-state index is 0.170. The molecule has 1 N–H and O–H groups in total. The second-order valence-corrected chi connectivity index (χ2v) is 5.13. The molecule has 1 aromatic carbocycles. The summed E-state index contributed by atoms with van der Waals surface area (Å²) >= 11 is 5.76. The average Bonchev–Trinajstić information content (AvgIpc) is 3.20. The Kier molecular flexibility index (Phi) is 3.25.